The molecule has 0 spiro atoms. The highest BCUT2D eigenvalue weighted by Crippen LogP contribution is 2.57. The zero-order chi connectivity index (χ0) is 17.3. The molecule has 2 aliphatic carbocycles. The van der Waals surface area contributed by atoms with E-state index in [1.807, 2.05) is 0 Å². The van der Waals surface area contributed by atoms with Gasteiger partial charge in [-0.1, -0.05) is 52.8 Å². The van der Waals surface area contributed by atoms with Gasteiger partial charge in [-0.05, 0) is 78.6 Å². The Balaban J connectivity index is 2.03. The minimum atomic E-state index is -1.64. The van der Waals surface area contributed by atoms with Crippen molar-refractivity contribution in [1.29, 1.82) is 0 Å². The molecule has 134 valence electrons. The maximum atomic E-state index is 7.05. The molecule has 0 N–H and O–H groups in total. The van der Waals surface area contributed by atoms with Crippen molar-refractivity contribution in [1.82, 2.24) is 0 Å². The Morgan fingerprint density at radius 1 is 0.917 bits per heavy atom. The minimum Gasteiger partial charge on any atom is -0.543 e. The zero-order valence-electron chi connectivity index (χ0n) is 16.4. The van der Waals surface area contributed by atoms with Crippen LogP contribution in [0.3, 0.4) is 0 Å². The van der Waals surface area contributed by atoms with Crippen LogP contribution in [0, 0.1) is 11.8 Å². The second-order valence-corrected chi connectivity index (χ2v) is 13.2. The Morgan fingerprint density at radius 2 is 1.42 bits per heavy atom. The first-order valence-corrected chi connectivity index (χ1v) is 12.9. The van der Waals surface area contributed by atoms with E-state index in [-0.39, 0.29) is 0 Å². The Hall–Kier alpha value is -0.763. The molecule has 2 saturated carbocycles. The minimum absolute atomic E-state index is 0.538. The third-order valence-electron chi connectivity index (χ3n) is 6.57. The molecule has 24 heavy (non-hydrogen) atoms. The van der Waals surface area contributed by atoms with Crippen molar-refractivity contribution in [2.24, 2.45) is 11.8 Å². The molecule has 2 heteroatoms. The van der Waals surface area contributed by atoms with E-state index >= 15 is 0 Å². The molecule has 0 unspecified atom stereocenters. The zero-order valence-corrected chi connectivity index (χ0v) is 17.4. The molecule has 2 fully saturated rings. The lowest BCUT2D eigenvalue weighted by Gasteiger charge is -2.34. The van der Waals surface area contributed by atoms with E-state index in [0.29, 0.717) is 5.92 Å². The second-order valence-electron chi connectivity index (χ2n) is 8.47. The molecule has 0 bridgehead atoms. The Labute approximate surface area is 150 Å². The molecule has 1 nitrogen and oxygen atoms in total. The quantitative estimate of drug-likeness (QED) is 0.434. The van der Waals surface area contributed by atoms with Gasteiger partial charge in [-0.3, -0.25) is 0 Å². The van der Waals surface area contributed by atoms with Gasteiger partial charge in [0.1, 0.15) is 5.75 Å². The molecule has 1 aromatic rings. The summed E-state index contributed by atoms with van der Waals surface area (Å²) in [7, 11) is -1.64. The summed E-state index contributed by atoms with van der Waals surface area (Å²) in [6, 6.07) is 10.7. The average Bonchev–Trinajstić information content (AvgIpc) is 3.48. The lowest BCUT2D eigenvalue weighted by atomic mass is 9.86. The summed E-state index contributed by atoms with van der Waals surface area (Å²) in [5.41, 5.74) is 3.02. The van der Waals surface area contributed by atoms with E-state index in [4.69, 9.17) is 4.43 Å². The topological polar surface area (TPSA) is 9.23 Å². The molecule has 3 rings (SSSR count). The number of rotatable bonds is 9. The number of hydrogen-bond acceptors (Lipinski definition) is 1. The predicted octanol–water partition coefficient (Wildman–Crippen LogP) is 7.10. The molecule has 0 aromatic heterocycles. The van der Waals surface area contributed by atoms with E-state index in [2.05, 4.69) is 52.8 Å². The van der Waals surface area contributed by atoms with E-state index in [9.17, 15) is 0 Å². The van der Waals surface area contributed by atoms with Crippen LogP contribution in [-0.4, -0.2) is 8.32 Å². The van der Waals surface area contributed by atoms with Gasteiger partial charge in [-0.15, -0.1) is 0 Å². The number of hydrogen-bond donors (Lipinski definition) is 0. The fourth-order valence-corrected chi connectivity index (χ4v) is 7.00. The lowest BCUT2D eigenvalue weighted by Crippen LogP contribution is -2.40. The fourth-order valence-electron chi connectivity index (χ4n) is 4.39. The van der Waals surface area contributed by atoms with E-state index < -0.39 is 8.32 Å². The van der Waals surface area contributed by atoms with Gasteiger partial charge in [0.2, 0.25) is 8.32 Å². The van der Waals surface area contributed by atoms with Gasteiger partial charge in [0, 0.05) is 0 Å². The van der Waals surface area contributed by atoms with Crippen molar-refractivity contribution >= 4 is 8.32 Å². The molecule has 0 radical (unpaired) electrons. The summed E-state index contributed by atoms with van der Waals surface area (Å²) < 4.78 is 7.05. The maximum Gasteiger partial charge on any atom is 0.250 e. The van der Waals surface area contributed by atoms with Gasteiger partial charge in [0.15, 0.2) is 0 Å². The van der Waals surface area contributed by atoms with Crippen LogP contribution in [0.2, 0.25) is 18.1 Å². The first-order valence-electron chi connectivity index (χ1n) is 10.4. The van der Waals surface area contributed by atoms with E-state index in [1.54, 1.807) is 5.56 Å². The third kappa shape index (κ3) is 3.59. The van der Waals surface area contributed by atoms with Crippen LogP contribution in [0.1, 0.15) is 83.3 Å². The smallest absolute Gasteiger partial charge is 0.250 e. The van der Waals surface area contributed by atoms with Crippen LogP contribution in [0.5, 0.6) is 5.75 Å². The highest BCUT2D eigenvalue weighted by Gasteiger charge is 2.44. The first-order chi connectivity index (χ1) is 11.5. The largest absolute Gasteiger partial charge is 0.543 e. The molecular formula is C22H36OSi. The van der Waals surface area contributed by atoms with Crippen LogP contribution in [0.4, 0.5) is 0 Å². The first kappa shape index (κ1) is 18.0. The molecular weight excluding hydrogens is 308 g/mol. The summed E-state index contributed by atoms with van der Waals surface area (Å²) in [6.45, 7) is 11.7. The number of para-hydroxylation sites is 1. The third-order valence-corrected chi connectivity index (χ3v) is 11.1. The van der Waals surface area contributed by atoms with Crippen LogP contribution in [-0.2, 0) is 0 Å². The summed E-state index contributed by atoms with van der Waals surface area (Å²) >= 11 is 0. The van der Waals surface area contributed by atoms with Crippen molar-refractivity contribution in [3.8, 4) is 5.75 Å². The second kappa shape index (κ2) is 7.23. The van der Waals surface area contributed by atoms with Gasteiger partial charge in [0.05, 0.1) is 0 Å². The molecule has 0 atom stereocenters. The van der Waals surface area contributed by atoms with Gasteiger partial charge in [-0.2, -0.15) is 0 Å². The van der Waals surface area contributed by atoms with Gasteiger partial charge in [-0.25, -0.2) is 0 Å². The van der Waals surface area contributed by atoms with Crippen molar-refractivity contribution in [3.05, 3.63) is 29.3 Å². The monoisotopic (exact) mass is 344 g/mol. The highest BCUT2D eigenvalue weighted by atomic mass is 28.4. The SMILES string of the molecule is CC[Si](CC)(CC)Oc1c(C(C)C)cccc1C(C1CC1)C1CC1. The summed E-state index contributed by atoms with van der Waals surface area (Å²) in [5, 5.41) is 0. The van der Waals surface area contributed by atoms with Gasteiger partial charge in [0.25, 0.3) is 0 Å². The average molecular weight is 345 g/mol. The van der Waals surface area contributed by atoms with Crippen molar-refractivity contribution in [3.63, 3.8) is 0 Å². The predicted molar refractivity (Wildman–Crippen MR) is 107 cm³/mol. The maximum absolute atomic E-state index is 7.05. The van der Waals surface area contributed by atoms with Crippen LogP contribution in [0.25, 0.3) is 0 Å². The Morgan fingerprint density at radius 3 is 1.83 bits per heavy atom. The highest BCUT2D eigenvalue weighted by molar-refractivity contribution is 6.74. The van der Waals surface area contributed by atoms with Crippen molar-refractivity contribution in [2.45, 2.75) is 90.3 Å². The summed E-state index contributed by atoms with van der Waals surface area (Å²) in [4.78, 5) is 0. The van der Waals surface area contributed by atoms with Crippen LogP contribution in [0.15, 0.2) is 18.2 Å². The van der Waals surface area contributed by atoms with Crippen molar-refractivity contribution < 1.29 is 4.43 Å². The Bertz CT molecular complexity index is 533. The lowest BCUT2D eigenvalue weighted by molar-refractivity contribution is 0.476. The van der Waals surface area contributed by atoms with E-state index in [0.717, 1.165) is 17.8 Å². The molecule has 0 aliphatic heterocycles. The van der Waals surface area contributed by atoms with Gasteiger partial charge >= 0.3 is 0 Å². The van der Waals surface area contributed by atoms with E-state index in [1.165, 1.54) is 55.1 Å². The number of benzene rings is 1. The normalized spacial score (nSPS) is 18.5. The molecule has 0 heterocycles. The standard InChI is InChI=1S/C22H36OSi/c1-6-24(7-2,8-3)23-22-19(16(4)5)10-9-11-20(22)21(17-12-13-17)18-14-15-18/h9-11,16-18,21H,6-8,12-15H2,1-5H3. The van der Waals surface area contributed by atoms with Crippen LogP contribution >= 0.6 is 0 Å². The van der Waals surface area contributed by atoms with Gasteiger partial charge < -0.3 is 4.43 Å². The summed E-state index contributed by atoms with van der Waals surface area (Å²) in [6.07, 6.45) is 5.74. The molecule has 0 saturated heterocycles. The fraction of sp³-hybridized carbons (Fsp3) is 0.727. The molecule has 1 aromatic carbocycles. The molecule has 2 aliphatic rings. The summed E-state index contributed by atoms with van der Waals surface area (Å²) in [5.74, 6) is 4.49. The molecule has 0 amide bonds. The van der Waals surface area contributed by atoms with Crippen LogP contribution < -0.4 is 4.43 Å². The Kier molecular flexibility index (Phi) is 5.44. The van der Waals surface area contributed by atoms with Crippen molar-refractivity contribution in [2.75, 3.05) is 0 Å².